The number of aryl methyl sites for hydroxylation is 1. The van der Waals surface area contributed by atoms with Gasteiger partial charge in [0, 0.05) is 31.4 Å². The van der Waals surface area contributed by atoms with E-state index in [-0.39, 0.29) is 12.0 Å². The molecule has 2 nitrogen and oxygen atoms in total. The molecule has 0 saturated carbocycles. The maximum absolute atomic E-state index is 9.37. The first kappa shape index (κ1) is 17.4. The van der Waals surface area contributed by atoms with Crippen molar-refractivity contribution in [1.29, 1.82) is 0 Å². The van der Waals surface area contributed by atoms with Gasteiger partial charge in [-0.1, -0.05) is 56.3 Å². The number of rotatable bonds is 3. The fourth-order valence-corrected chi connectivity index (χ4v) is 4.09. The number of halogens is 1. The van der Waals surface area contributed by atoms with Crippen molar-refractivity contribution < 1.29 is 5.11 Å². The van der Waals surface area contributed by atoms with Crippen molar-refractivity contribution in [2.24, 2.45) is 0 Å². The Balaban J connectivity index is 2.02. The zero-order valence-corrected chi connectivity index (χ0v) is 16.0. The van der Waals surface area contributed by atoms with Crippen LogP contribution in [0.5, 0.6) is 0 Å². The minimum atomic E-state index is -0.00425. The lowest BCUT2D eigenvalue weighted by atomic mass is 9.86. The van der Waals surface area contributed by atoms with Gasteiger partial charge in [0.1, 0.15) is 0 Å². The second-order valence-electron chi connectivity index (χ2n) is 7.15. The Labute approximate surface area is 152 Å². The Bertz CT molecular complexity index is 893. The molecule has 0 aliphatic rings. The summed E-state index contributed by atoms with van der Waals surface area (Å²) in [5, 5.41) is 11.2. The number of H-pyrrole nitrogens is 1. The number of hydrogen-bond donors (Lipinski definition) is 2. The molecule has 4 heteroatoms. The van der Waals surface area contributed by atoms with Crippen LogP contribution in [0.4, 0.5) is 0 Å². The average Bonchev–Trinajstić information content (AvgIpc) is 2.91. The lowest BCUT2D eigenvalue weighted by Crippen LogP contribution is -2.11. The first-order chi connectivity index (χ1) is 11.3. The summed E-state index contributed by atoms with van der Waals surface area (Å²) in [6.45, 7) is 8.83. The maximum Gasteiger partial charge on any atom is 0.0831 e. The van der Waals surface area contributed by atoms with Crippen LogP contribution in [0.2, 0.25) is 5.02 Å². The third-order valence-corrected chi connectivity index (χ3v) is 5.61. The van der Waals surface area contributed by atoms with Crippen molar-refractivity contribution >= 4 is 34.3 Å². The molecule has 0 unspecified atom stereocenters. The predicted octanol–water partition coefficient (Wildman–Crippen LogP) is 6.07. The lowest BCUT2D eigenvalue weighted by Gasteiger charge is -2.20. The van der Waals surface area contributed by atoms with Crippen LogP contribution in [-0.4, -0.2) is 10.1 Å². The standard InChI is InChI=1S/C20H22ClNOS/c1-12-7-13(20(2,3)4)5-6-18(12)24-19-9-14(21)8-17-16(19)10-15(11-23)22-17/h5-10,22-23H,11H2,1-4H3. The quantitative estimate of drug-likeness (QED) is 0.595. The van der Waals surface area contributed by atoms with E-state index in [2.05, 4.69) is 50.9 Å². The van der Waals surface area contributed by atoms with E-state index < -0.39 is 0 Å². The van der Waals surface area contributed by atoms with Crippen molar-refractivity contribution in [2.45, 2.75) is 49.5 Å². The molecule has 0 aliphatic carbocycles. The molecular weight excluding hydrogens is 338 g/mol. The molecule has 0 spiro atoms. The smallest absolute Gasteiger partial charge is 0.0831 e. The van der Waals surface area contributed by atoms with E-state index in [0.29, 0.717) is 5.02 Å². The Kier molecular flexibility index (Phi) is 4.69. The molecule has 0 radical (unpaired) electrons. The molecule has 3 rings (SSSR count). The normalized spacial score (nSPS) is 12.1. The van der Waals surface area contributed by atoms with Gasteiger partial charge in [0.2, 0.25) is 0 Å². The number of benzene rings is 2. The van der Waals surface area contributed by atoms with Crippen LogP contribution in [0.15, 0.2) is 46.2 Å². The van der Waals surface area contributed by atoms with Crippen LogP contribution in [0.3, 0.4) is 0 Å². The second kappa shape index (κ2) is 6.47. The minimum absolute atomic E-state index is 0.00425. The highest BCUT2D eigenvalue weighted by molar-refractivity contribution is 7.99. The van der Waals surface area contributed by atoms with E-state index in [1.165, 1.54) is 16.0 Å². The Morgan fingerprint density at radius 2 is 1.83 bits per heavy atom. The van der Waals surface area contributed by atoms with E-state index in [4.69, 9.17) is 11.6 Å². The highest BCUT2D eigenvalue weighted by Gasteiger charge is 2.15. The van der Waals surface area contributed by atoms with E-state index in [1.54, 1.807) is 11.8 Å². The van der Waals surface area contributed by atoms with Gasteiger partial charge in [-0.2, -0.15) is 0 Å². The lowest BCUT2D eigenvalue weighted by molar-refractivity contribution is 0.278. The molecule has 24 heavy (non-hydrogen) atoms. The topological polar surface area (TPSA) is 36.0 Å². The summed E-state index contributed by atoms with van der Waals surface area (Å²) in [7, 11) is 0. The van der Waals surface area contributed by atoms with Gasteiger partial charge in [0.15, 0.2) is 0 Å². The number of aromatic nitrogens is 1. The van der Waals surface area contributed by atoms with Gasteiger partial charge in [-0.25, -0.2) is 0 Å². The van der Waals surface area contributed by atoms with Crippen molar-refractivity contribution in [2.75, 3.05) is 0 Å². The zero-order valence-electron chi connectivity index (χ0n) is 14.4. The molecule has 0 bridgehead atoms. The summed E-state index contributed by atoms with van der Waals surface area (Å²) >= 11 is 7.99. The summed E-state index contributed by atoms with van der Waals surface area (Å²) in [5.74, 6) is 0. The molecule has 3 aromatic rings. The van der Waals surface area contributed by atoms with Crippen LogP contribution in [-0.2, 0) is 12.0 Å². The highest BCUT2D eigenvalue weighted by Crippen LogP contribution is 2.38. The average molecular weight is 360 g/mol. The number of aromatic amines is 1. The zero-order chi connectivity index (χ0) is 17.5. The van der Waals surface area contributed by atoms with Crippen LogP contribution in [0, 0.1) is 6.92 Å². The van der Waals surface area contributed by atoms with Crippen molar-refractivity contribution in [1.82, 2.24) is 4.98 Å². The maximum atomic E-state index is 9.37. The van der Waals surface area contributed by atoms with Gasteiger partial charge >= 0.3 is 0 Å². The number of nitrogens with one attached hydrogen (secondary N) is 1. The molecule has 2 aromatic carbocycles. The van der Waals surface area contributed by atoms with E-state index in [0.717, 1.165) is 21.5 Å². The van der Waals surface area contributed by atoms with Gasteiger partial charge in [-0.15, -0.1) is 0 Å². The second-order valence-corrected chi connectivity index (χ2v) is 8.67. The fraction of sp³-hybridized carbons (Fsp3) is 0.300. The van der Waals surface area contributed by atoms with E-state index in [9.17, 15) is 5.11 Å². The molecule has 0 saturated heterocycles. The molecule has 0 aliphatic heterocycles. The number of fused-ring (bicyclic) bond motifs is 1. The Morgan fingerprint density at radius 3 is 2.46 bits per heavy atom. The van der Waals surface area contributed by atoms with Gasteiger partial charge < -0.3 is 10.1 Å². The largest absolute Gasteiger partial charge is 0.390 e. The number of aliphatic hydroxyl groups excluding tert-OH is 1. The van der Waals surface area contributed by atoms with Crippen LogP contribution < -0.4 is 0 Å². The van der Waals surface area contributed by atoms with Crippen molar-refractivity contribution in [3.05, 3.63) is 58.2 Å². The minimum Gasteiger partial charge on any atom is -0.390 e. The number of aliphatic hydroxyl groups is 1. The summed E-state index contributed by atoms with van der Waals surface area (Å²) < 4.78 is 0. The Morgan fingerprint density at radius 1 is 1.08 bits per heavy atom. The van der Waals surface area contributed by atoms with Gasteiger partial charge in [0.05, 0.1) is 6.61 Å². The van der Waals surface area contributed by atoms with Crippen molar-refractivity contribution in [3.8, 4) is 0 Å². The van der Waals surface area contributed by atoms with E-state index in [1.807, 2.05) is 18.2 Å². The molecule has 1 aromatic heterocycles. The highest BCUT2D eigenvalue weighted by atomic mass is 35.5. The summed E-state index contributed by atoms with van der Waals surface area (Å²) in [6.07, 6.45) is 0. The van der Waals surface area contributed by atoms with Gasteiger partial charge in [-0.3, -0.25) is 0 Å². The molecule has 1 heterocycles. The van der Waals surface area contributed by atoms with Crippen LogP contribution >= 0.6 is 23.4 Å². The predicted molar refractivity (Wildman–Crippen MR) is 103 cm³/mol. The Hall–Kier alpha value is -1.42. The third kappa shape index (κ3) is 3.49. The molecular formula is C20H22ClNOS. The number of hydrogen-bond acceptors (Lipinski definition) is 2. The molecule has 0 fully saturated rings. The van der Waals surface area contributed by atoms with Crippen molar-refractivity contribution in [3.63, 3.8) is 0 Å². The summed E-state index contributed by atoms with van der Waals surface area (Å²) in [6, 6.07) is 12.5. The molecule has 126 valence electrons. The molecule has 0 amide bonds. The first-order valence-corrected chi connectivity index (χ1v) is 9.18. The fourth-order valence-electron chi connectivity index (χ4n) is 2.75. The van der Waals surface area contributed by atoms with Crippen LogP contribution in [0.1, 0.15) is 37.6 Å². The van der Waals surface area contributed by atoms with Crippen LogP contribution in [0.25, 0.3) is 10.9 Å². The monoisotopic (exact) mass is 359 g/mol. The van der Waals surface area contributed by atoms with Gasteiger partial charge in [-0.05, 0) is 47.7 Å². The first-order valence-electron chi connectivity index (χ1n) is 7.99. The SMILES string of the molecule is Cc1cc(C(C)(C)C)ccc1Sc1cc(Cl)cc2[nH]c(CO)cc12. The molecule has 0 atom stereocenters. The molecule has 2 N–H and O–H groups in total. The van der Waals surface area contributed by atoms with E-state index >= 15 is 0 Å². The van der Waals surface area contributed by atoms with Gasteiger partial charge in [0.25, 0.3) is 0 Å². The third-order valence-electron chi connectivity index (χ3n) is 4.15. The summed E-state index contributed by atoms with van der Waals surface area (Å²) in [5.41, 5.74) is 4.50. The summed E-state index contributed by atoms with van der Waals surface area (Å²) in [4.78, 5) is 5.53.